The molecule has 0 bridgehead atoms. The molecule has 0 aliphatic carbocycles. The highest BCUT2D eigenvalue weighted by Gasteiger charge is 2.29. The predicted molar refractivity (Wildman–Crippen MR) is 154 cm³/mol. The summed E-state index contributed by atoms with van der Waals surface area (Å²) in [5, 5.41) is 3.40. The van der Waals surface area contributed by atoms with Gasteiger partial charge in [-0.2, -0.15) is 0 Å². The highest BCUT2D eigenvalue weighted by molar-refractivity contribution is 7.92. The molecule has 1 amide bonds. The van der Waals surface area contributed by atoms with Crippen LogP contribution in [0.4, 0.5) is 11.6 Å². The fourth-order valence-corrected chi connectivity index (χ4v) is 5.64. The van der Waals surface area contributed by atoms with E-state index < -0.39 is 28.0 Å². The van der Waals surface area contributed by atoms with E-state index in [1.807, 2.05) is 31.3 Å². The number of hydrogen-bond acceptors (Lipinski definition) is 9. The Morgan fingerprint density at radius 2 is 1.83 bits per heavy atom. The van der Waals surface area contributed by atoms with Crippen LogP contribution in [0.3, 0.4) is 0 Å². The standard InChI is InChI=1S/C29H30N6O5S/c1-4-25(40-28(37)26-21-7-5-6-8-23(21)33-24-14-16-35(3)17-22(24)26)27(36)32-19-9-11-20(12-10-19)41(38,39)34-29-30-15-13-18(2)31-29/h5-13,15,25H,4,14,16-17H2,1-3H3,(H,32,36)(H,30,31,34). The van der Waals surface area contributed by atoms with Crippen LogP contribution in [-0.4, -0.2) is 59.8 Å². The van der Waals surface area contributed by atoms with E-state index in [1.54, 1.807) is 19.9 Å². The first-order chi connectivity index (χ1) is 19.6. The maximum Gasteiger partial charge on any atom is 0.340 e. The average molecular weight is 575 g/mol. The zero-order valence-electron chi connectivity index (χ0n) is 22.9. The third-order valence-corrected chi connectivity index (χ3v) is 8.15. The van der Waals surface area contributed by atoms with Crippen molar-refractivity contribution < 1.29 is 22.7 Å². The number of fused-ring (bicyclic) bond motifs is 2. The normalized spacial score (nSPS) is 14.2. The maximum absolute atomic E-state index is 13.6. The van der Waals surface area contributed by atoms with Crippen molar-refractivity contribution in [2.75, 3.05) is 23.6 Å². The van der Waals surface area contributed by atoms with E-state index in [2.05, 4.69) is 24.9 Å². The minimum absolute atomic E-state index is 0.0293. The van der Waals surface area contributed by atoms with E-state index in [9.17, 15) is 18.0 Å². The van der Waals surface area contributed by atoms with Crippen LogP contribution in [0.5, 0.6) is 0 Å². The van der Waals surface area contributed by atoms with Crippen molar-refractivity contribution >= 4 is 44.4 Å². The third kappa shape index (κ3) is 6.18. The summed E-state index contributed by atoms with van der Waals surface area (Å²) in [6.07, 6.45) is 1.36. The van der Waals surface area contributed by atoms with E-state index in [4.69, 9.17) is 9.72 Å². The van der Waals surface area contributed by atoms with Gasteiger partial charge in [0, 0.05) is 53.7 Å². The van der Waals surface area contributed by atoms with Crippen LogP contribution in [-0.2, 0) is 32.5 Å². The monoisotopic (exact) mass is 574 g/mol. The Labute approximate surface area is 238 Å². The molecule has 212 valence electrons. The summed E-state index contributed by atoms with van der Waals surface area (Å²) in [6.45, 7) is 4.87. The molecule has 2 aromatic carbocycles. The molecule has 1 atom stereocenters. The van der Waals surface area contributed by atoms with Crippen LogP contribution in [0.25, 0.3) is 10.9 Å². The number of carbonyl (C=O) groups excluding carboxylic acids is 2. The Kier molecular flexibility index (Phi) is 7.95. The molecule has 12 heteroatoms. The maximum atomic E-state index is 13.6. The zero-order chi connectivity index (χ0) is 29.1. The number of aryl methyl sites for hydroxylation is 1. The number of para-hydroxylation sites is 1. The van der Waals surface area contributed by atoms with Crippen LogP contribution in [0, 0.1) is 6.92 Å². The Balaban J connectivity index is 1.31. The number of hydrogen-bond donors (Lipinski definition) is 2. The number of rotatable bonds is 8. The van der Waals surface area contributed by atoms with Crippen LogP contribution in [0.1, 0.15) is 40.7 Å². The Morgan fingerprint density at radius 3 is 2.56 bits per heavy atom. The molecule has 1 unspecified atom stereocenters. The number of pyridine rings is 1. The predicted octanol–water partition coefficient (Wildman–Crippen LogP) is 3.70. The van der Waals surface area contributed by atoms with Gasteiger partial charge >= 0.3 is 5.97 Å². The highest BCUT2D eigenvalue weighted by atomic mass is 32.2. The van der Waals surface area contributed by atoms with Crippen molar-refractivity contribution in [3.05, 3.63) is 83.3 Å². The number of amides is 1. The second kappa shape index (κ2) is 11.6. The summed E-state index contributed by atoms with van der Waals surface area (Å²) >= 11 is 0. The lowest BCUT2D eigenvalue weighted by atomic mass is 9.96. The molecule has 0 saturated carbocycles. The number of aromatic nitrogens is 3. The van der Waals surface area contributed by atoms with E-state index in [1.165, 1.54) is 30.5 Å². The van der Waals surface area contributed by atoms with Crippen molar-refractivity contribution in [1.29, 1.82) is 0 Å². The van der Waals surface area contributed by atoms with Gasteiger partial charge in [0.25, 0.3) is 15.9 Å². The fraction of sp³-hybridized carbons (Fsp3) is 0.276. The summed E-state index contributed by atoms with van der Waals surface area (Å²) in [7, 11) is -1.95. The molecule has 3 heterocycles. The van der Waals surface area contributed by atoms with Crippen molar-refractivity contribution in [1.82, 2.24) is 19.9 Å². The molecule has 0 saturated heterocycles. The summed E-state index contributed by atoms with van der Waals surface area (Å²) in [4.78, 5) is 41.5. The highest BCUT2D eigenvalue weighted by Crippen LogP contribution is 2.29. The Hall–Kier alpha value is -4.42. The number of carbonyl (C=O) groups is 2. The Morgan fingerprint density at radius 1 is 1.07 bits per heavy atom. The molecule has 2 N–H and O–H groups in total. The van der Waals surface area contributed by atoms with Gasteiger partial charge in [-0.05, 0) is 56.8 Å². The number of anilines is 2. The van der Waals surface area contributed by atoms with Gasteiger partial charge in [0.2, 0.25) is 5.95 Å². The van der Waals surface area contributed by atoms with Gasteiger partial charge in [-0.3, -0.25) is 9.78 Å². The first-order valence-electron chi connectivity index (χ1n) is 13.2. The molecule has 0 spiro atoms. The summed E-state index contributed by atoms with van der Waals surface area (Å²) in [6, 6.07) is 14.7. The number of benzene rings is 2. The van der Waals surface area contributed by atoms with Crippen LogP contribution in [0.2, 0.25) is 0 Å². The number of nitrogens with one attached hydrogen (secondary N) is 2. The van der Waals surface area contributed by atoms with E-state index in [0.717, 1.165) is 17.8 Å². The topological polar surface area (TPSA) is 143 Å². The third-order valence-electron chi connectivity index (χ3n) is 6.81. The number of ether oxygens (including phenoxy) is 1. The molecule has 0 radical (unpaired) electrons. The van der Waals surface area contributed by atoms with Gasteiger partial charge < -0.3 is 15.0 Å². The number of esters is 1. The molecule has 2 aromatic heterocycles. The molecule has 41 heavy (non-hydrogen) atoms. The summed E-state index contributed by atoms with van der Waals surface area (Å²) < 4.78 is 33.6. The lowest BCUT2D eigenvalue weighted by Crippen LogP contribution is -2.34. The van der Waals surface area contributed by atoms with Crippen molar-refractivity contribution in [2.45, 2.75) is 44.2 Å². The quantitative estimate of drug-likeness (QED) is 0.301. The van der Waals surface area contributed by atoms with E-state index in [0.29, 0.717) is 40.8 Å². The van der Waals surface area contributed by atoms with Gasteiger partial charge in [-0.15, -0.1) is 0 Å². The van der Waals surface area contributed by atoms with Gasteiger partial charge in [0.05, 0.1) is 16.0 Å². The van der Waals surface area contributed by atoms with Gasteiger partial charge in [0.15, 0.2) is 6.10 Å². The molecular weight excluding hydrogens is 544 g/mol. The lowest BCUT2D eigenvalue weighted by molar-refractivity contribution is -0.124. The van der Waals surface area contributed by atoms with Gasteiger partial charge in [-0.25, -0.2) is 27.9 Å². The smallest absolute Gasteiger partial charge is 0.340 e. The molecule has 11 nitrogen and oxygen atoms in total. The number of sulfonamides is 1. The minimum atomic E-state index is -3.94. The number of nitrogens with zero attached hydrogens (tertiary/aromatic N) is 4. The molecule has 5 rings (SSSR count). The molecule has 1 aliphatic rings. The van der Waals surface area contributed by atoms with Crippen LogP contribution >= 0.6 is 0 Å². The minimum Gasteiger partial charge on any atom is -0.449 e. The average Bonchev–Trinajstić information content (AvgIpc) is 2.94. The largest absolute Gasteiger partial charge is 0.449 e. The molecular formula is C29H30N6O5S. The van der Waals surface area contributed by atoms with Crippen molar-refractivity contribution in [2.24, 2.45) is 0 Å². The van der Waals surface area contributed by atoms with Crippen LogP contribution in [0.15, 0.2) is 65.7 Å². The first-order valence-corrected chi connectivity index (χ1v) is 14.7. The lowest BCUT2D eigenvalue weighted by Gasteiger charge is -2.27. The fourth-order valence-electron chi connectivity index (χ4n) is 4.69. The van der Waals surface area contributed by atoms with E-state index >= 15 is 0 Å². The number of likely N-dealkylation sites (N-methyl/N-ethyl adjacent to an activating group) is 1. The van der Waals surface area contributed by atoms with Gasteiger partial charge in [0.1, 0.15) is 0 Å². The van der Waals surface area contributed by atoms with Gasteiger partial charge in [-0.1, -0.05) is 25.1 Å². The summed E-state index contributed by atoms with van der Waals surface area (Å²) in [5.41, 5.74) is 3.79. The Bertz CT molecular complexity index is 1730. The zero-order valence-corrected chi connectivity index (χ0v) is 23.7. The van der Waals surface area contributed by atoms with Crippen LogP contribution < -0.4 is 10.0 Å². The van der Waals surface area contributed by atoms with Crippen molar-refractivity contribution in [3.63, 3.8) is 0 Å². The first kappa shape index (κ1) is 28.1. The van der Waals surface area contributed by atoms with Crippen molar-refractivity contribution in [3.8, 4) is 0 Å². The molecule has 1 aliphatic heterocycles. The molecule has 4 aromatic rings. The van der Waals surface area contributed by atoms with E-state index in [-0.39, 0.29) is 17.3 Å². The molecule has 0 fully saturated rings. The summed E-state index contributed by atoms with van der Waals surface area (Å²) in [5.74, 6) is -1.14. The second-order valence-electron chi connectivity index (χ2n) is 9.86. The second-order valence-corrected chi connectivity index (χ2v) is 11.5. The SMILES string of the molecule is CCC(OC(=O)c1c2c(nc3ccccc13)CCN(C)C2)C(=O)Nc1ccc(S(=O)(=O)Nc2nccc(C)n2)cc1.